The van der Waals surface area contributed by atoms with Crippen molar-refractivity contribution < 1.29 is 32.3 Å². The van der Waals surface area contributed by atoms with Crippen LogP contribution < -0.4 is 10.6 Å². The molecule has 2 heterocycles. The summed E-state index contributed by atoms with van der Waals surface area (Å²) in [5.41, 5.74) is 8.08. The minimum absolute atomic E-state index is 0.0797. The highest BCUT2D eigenvalue weighted by Gasteiger charge is 2.31. The van der Waals surface area contributed by atoms with Crippen LogP contribution in [0.4, 0.5) is 13.2 Å². The Morgan fingerprint density at radius 2 is 1.71 bits per heavy atom. The molecule has 2 amide bonds. The third-order valence-electron chi connectivity index (χ3n) is 8.35. The van der Waals surface area contributed by atoms with Crippen LogP contribution in [0.2, 0.25) is 0 Å². The smallest absolute Gasteiger partial charge is 0.416 e. The average molecular weight is 711 g/mol. The lowest BCUT2D eigenvalue weighted by Crippen LogP contribution is -2.30. The molecule has 1 fully saturated rings. The van der Waals surface area contributed by atoms with E-state index >= 15 is 0 Å². The largest absolute Gasteiger partial charge is 0.503 e. The fraction of sp³-hybridized carbons (Fsp3) is 0.205. The minimum Gasteiger partial charge on any atom is -0.503 e. The van der Waals surface area contributed by atoms with Crippen molar-refractivity contribution in [3.8, 4) is 0 Å². The van der Waals surface area contributed by atoms with Crippen molar-refractivity contribution in [2.24, 2.45) is 0 Å². The molecule has 51 heavy (non-hydrogen) atoms. The van der Waals surface area contributed by atoms with Crippen LogP contribution in [0.1, 0.15) is 61.6 Å². The Morgan fingerprint density at radius 3 is 2.47 bits per heavy atom. The summed E-state index contributed by atoms with van der Waals surface area (Å²) in [4.78, 5) is 45.8. The molecular formula is C39H33F3N4O4S. The Balaban J connectivity index is 1.21. The summed E-state index contributed by atoms with van der Waals surface area (Å²) < 4.78 is 44.9. The van der Waals surface area contributed by atoms with Crippen molar-refractivity contribution in [3.05, 3.63) is 148 Å². The lowest BCUT2D eigenvalue weighted by atomic mass is 10.00. The van der Waals surface area contributed by atoms with Crippen molar-refractivity contribution in [3.63, 3.8) is 0 Å². The van der Waals surface area contributed by atoms with Crippen molar-refractivity contribution >= 4 is 40.3 Å². The number of Topliss-reactive ketones (excluding diaryl/α,β-unsaturated/α-hetero) is 1. The predicted molar refractivity (Wildman–Crippen MR) is 189 cm³/mol. The number of hydrogen-bond acceptors (Lipinski definition) is 6. The molecule has 6 rings (SSSR count). The monoisotopic (exact) mass is 710 g/mol. The van der Waals surface area contributed by atoms with Crippen molar-refractivity contribution in [2.45, 2.75) is 36.1 Å². The molecule has 8 nitrogen and oxygen atoms in total. The first kappa shape index (κ1) is 35.2. The summed E-state index contributed by atoms with van der Waals surface area (Å²) in [6.45, 7) is 1.56. The number of methoxy groups -OCH3 is 1. The molecule has 1 aliphatic heterocycles. The van der Waals surface area contributed by atoms with E-state index < -0.39 is 23.4 Å². The maximum absolute atomic E-state index is 14.0. The van der Waals surface area contributed by atoms with Crippen LogP contribution in [0.25, 0.3) is 10.9 Å². The van der Waals surface area contributed by atoms with Crippen molar-refractivity contribution in [2.75, 3.05) is 20.2 Å². The van der Waals surface area contributed by atoms with E-state index in [0.717, 1.165) is 54.9 Å². The number of carbonyl (C=O) groups excluding carboxylic acids is 3. The normalized spacial score (nSPS) is 14.6. The number of aromatic amines is 1. The first-order valence-corrected chi connectivity index (χ1v) is 17.2. The minimum atomic E-state index is -4.53. The molecule has 0 unspecified atom stereocenters. The summed E-state index contributed by atoms with van der Waals surface area (Å²) in [6, 6.07) is 19.0. The second kappa shape index (κ2) is 15.5. The maximum atomic E-state index is 14.0. The van der Waals surface area contributed by atoms with Gasteiger partial charge in [-0.25, -0.2) is 0 Å². The van der Waals surface area contributed by atoms with Gasteiger partial charge in [-0.15, -0.1) is 11.8 Å². The van der Waals surface area contributed by atoms with E-state index in [9.17, 15) is 27.6 Å². The van der Waals surface area contributed by atoms with Gasteiger partial charge in [-0.05, 0) is 90.9 Å². The molecular weight excluding hydrogens is 678 g/mol. The number of nitrogens with zero attached hydrogens (tertiary/aromatic N) is 1. The number of hydrogen-bond donors (Lipinski definition) is 3. The van der Waals surface area contributed by atoms with E-state index in [1.807, 2.05) is 12.1 Å². The second-order valence-electron chi connectivity index (χ2n) is 11.9. The summed E-state index contributed by atoms with van der Waals surface area (Å²) in [5, 5.41) is 5.89. The van der Waals surface area contributed by atoms with Crippen molar-refractivity contribution in [1.29, 1.82) is 0 Å². The molecule has 2 aliphatic rings. The molecule has 260 valence electrons. The van der Waals surface area contributed by atoms with Gasteiger partial charge in [0, 0.05) is 52.0 Å². The first-order valence-electron chi connectivity index (χ1n) is 16.2. The van der Waals surface area contributed by atoms with Gasteiger partial charge < -0.3 is 25.3 Å². The van der Waals surface area contributed by atoms with Gasteiger partial charge in [0.25, 0.3) is 11.8 Å². The number of benzene rings is 3. The quantitative estimate of drug-likeness (QED) is 0.0634. The molecule has 0 spiro atoms. The molecule has 12 heteroatoms. The van der Waals surface area contributed by atoms with E-state index in [4.69, 9.17) is 4.74 Å². The highest BCUT2D eigenvalue weighted by Crippen LogP contribution is 2.32. The number of likely N-dealkylation sites (tertiary alicyclic amines) is 1. The molecule has 0 saturated carbocycles. The average Bonchev–Trinajstić information content (AvgIpc) is 3.58. The van der Waals surface area contributed by atoms with Gasteiger partial charge in [0.1, 0.15) is 5.70 Å². The lowest BCUT2D eigenvalue weighted by molar-refractivity contribution is -0.137. The van der Waals surface area contributed by atoms with Crippen LogP contribution in [-0.2, 0) is 16.7 Å². The zero-order valence-corrected chi connectivity index (χ0v) is 28.3. The lowest BCUT2D eigenvalue weighted by Gasteiger charge is -2.29. The third-order valence-corrected chi connectivity index (χ3v) is 9.41. The fourth-order valence-corrected chi connectivity index (χ4v) is 6.63. The first-order chi connectivity index (χ1) is 24.6. The Bertz CT molecular complexity index is 2170. The van der Waals surface area contributed by atoms with Crippen LogP contribution >= 0.6 is 11.8 Å². The highest BCUT2D eigenvalue weighted by atomic mass is 32.2. The second-order valence-corrected chi connectivity index (χ2v) is 13.0. The summed E-state index contributed by atoms with van der Waals surface area (Å²) >= 11 is 1.50. The number of H-pyrrole nitrogens is 1. The Morgan fingerprint density at radius 1 is 0.941 bits per heavy atom. The van der Waals surface area contributed by atoms with Gasteiger partial charge >= 0.3 is 6.18 Å². The Hall–Kier alpha value is -5.67. The van der Waals surface area contributed by atoms with E-state index in [1.165, 1.54) is 43.5 Å². The van der Waals surface area contributed by atoms with Crippen LogP contribution in [0, 0.1) is 0 Å². The van der Waals surface area contributed by atoms with Gasteiger partial charge in [-0.1, -0.05) is 24.3 Å². The molecule has 1 aromatic heterocycles. The standard InChI is InChI=1S/C39H33F3N4O4S/c1-50-18-15-43-37(48)28-9-6-10-31(20-28)51-24-25-7-5-8-27(19-25)38(49)45-33-14-13-30(46-16-3-2-4-17-46)23-32(33)36(47)35-21-26-11-12-29(39(40,41)42)22-34(26)44-35/h5-12,15,18-23,44H,2-4,16-17,24H2,1H3,(H,43,48)(H,45,49)/b18-15+. The zero-order chi connectivity index (χ0) is 36.0. The Kier molecular flexibility index (Phi) is 10.7. The van der Waals surface area contributed by atoms with E-state index in [1.54, 1.807) is 42.5 Å². The number of nitrogens with one attached hydrogen (secondary N) is 3. The number of thioether (sulfide) groups is 1. The number of piperidine rings is 1. The zero-order valence-electron chi connectivity index (χ0n) is 27.5. The number of alkyl halides is 3. The molecule has 0 atom stereocenters. The van der Waals surface area contributed by atoms with E-state index in [0.29, 0.717) is 28.0 Å². The molecule has 4 aromatic rings. The van der Waals surface area contributed by atoms with Crippen LogP contribution in [0.15, 0.2) is 125 Å². The summed E-state index contributed by atoms with van der Waals surface area (Å²) in [6.07, 6.45) is 2.97. The number of ether oxygens (including phenoxy) is 1. The summed E-state index contributed by atoms with van der Waals surface area (Å²) in [7, 11) is 1.48. The molecule has 3 aromatic carbocycles. The maximum Gasteiger partial charge on any atom is 0.416 e. The van der Waals surface area contributed by atoms with Gasteiger partial charge in [-0.3, -0.25) is 14.4 Å². The van der Waals surface area contributed by atoms with Crippen molar-refractivity contribution in [1.82, 2.24) is 20.5 Å². The molecule has 0 bridgehead atoms. The highest BCUT2D eigenvalue weighted by molar-refractivity contribution is 7.98. The number of halogens is 3. The molecule has 0 radical (unpaired) electrons. The van der Waals surface area contributed by atoms with Gasteiger partial charge in [-0.2, -0.15) is 13.2 Å². The number of aromatic nitrogens is 1. The predicted octanol–water partition coefficient (Wildman–Crippen LogP) is 7.89. The van der Waals surface area contributed by atoms with Crippen LogP contribution in [0.5, 0.6) is 0 Å². The van der Waals surface area contributed by atoms with Crippen LogP contribution in [-0.4, -0.2) is 47.7 Å². The van der Waals surface area contributed by atoms with Gasteiger partial charge in [0.05, 0.1) is 35.9 Å². The SMILES string of the molecule is CO/C=C/NC(=O)c1cccc(SCc2cccc(C(=O)NC3=C=C=C(N4CCCCC4)C=C3C(=O)c3cc4ccc(C(F)(F)F)cc4[nH]3)c2)c1. The number of fused-ring (bicyclic) bond motifs is 1. The van der Waals surface area contributed by atoms with E-state index in [-0.39, 0.29) is 28.4 Å². The fourth-order valence-electron chi connectivity index (χ4n) is 5.74. The number of amides is 2. The molecule has 3 N–H and O–H groups in total. The number of rotatable bonds is 11. The number of ketones is 1. The topological polar surface area (TPSA) is 104 Å². The van der Waals surface area contributed by atoms with Gasteiger partial charge in [0.15, 0.2) is 0 Å². The number of carbonyl (C=O) groups is 3. The molecule has 1 saturated heterocycles. The third kappa shape index (κ3) is 8.56. The van der Waals surface area contributed by atoms with Gasteiger partial charge in [0.2, 0.25) is 5.78 Å². The summed E-state index contributed by atoms with van der Waals surface area (Å²) in [5.74, 6) is -0.740. The van der Waals surface area contributed by atoms with E-state index in [2.05, 4.69) is 32.0 Å². The molecule has 1 aliphatic carbocycles. The number of allylic oxidation sites excluding steroid dienone is 2. The van der Waals surface area contributed by atoms with Crippen LogP contribution in [0.3, 0.4) is 0 Å². The Labute approximate surface area is 296 Å².